The van der Waals surface area contributed by atoms with E-state index in [1.807, 2.05) is 47.1 Å². The average molecular weight is 369 g/mol. The molecule has 7 nitrogen and oxygen atoms in total. The van der Waals surface area contributed by atoms with Crippen LogP contribution in [0, 0.1) is 0 Å². The summed E-state index contributed by atoms with van der Waals surface area (Å²) in [6, 6.07) is 15.0. The van der Waals surface area contributed by atoms with Crippen LogP contribution in [-0.4, -0.2) is 26.2 Å². The molecule has 26 heavy (non-hydrogen) atoms. The lowest BCUT2D eigenvalue weighted by Crippen LogP contribution is -2.28. The maximum atomic E-state index is 12.1. The van der Waals surface area contributed by atoms with Gasteiger partial charge in [-0.3, -0.25) is 0 Å². The second-order valence-corrected chi connectivity index (χ2v) is 6.56. The van der Waals surface area contributed by atoms with Crippen LogP contribution >= 0.6 is 11.6 Å². The van der Waals surface area contributed by atoms with Crippen LogP contribution in [0.4, 0.5) is 10.5 Å². The van der Waals surface area contributed by atoms with Gasteiger partial charge < -0.3 is 10.6 Å². The number of hydrogen-bond acceptors (Lipinski definition) is 4. The molecule has 2 amide bonds. The summed E-state index contributed by atoms with van der Waals surface area (Å²) in [7, 11) is 0. The minimum atomic E-state index is -0.291. The summed E-state index contributed by atoms with van der Waals surface area (Å²) >= 11 is 6.08. The molecule has 0 atom stereocenters. The average Bonchev–Trinajstić information content (AvgIpc) is 3.38. The fraction of sp³-hybridized carbons (Fsp3) is 0.222. The van der Waals surface area contributed by atoms with Gasteiger partial charge in [-0.25, -0.2) is 9.48 Å². The highest BCUT2D eigenvalue weighted by atomic mass is 35.5. The van der Waals surface area contributed by atoms with Crippen molar-refractivity contribution in [3.8, 4) is 11.4 Å². The number of amides is 2. The molecular formula is C18H17ClN6O. The number of nitrogens with zero attached hydrogens (tertiary/aromatic N) is 4. The Labute approximate surface area is 155 Å². The number of aromatic nitrogens is 4. The lowest BCUT2D eigenvalue weighted by molar-refractivity contribution is 0.251. The van der Waals surface area contributed by atoms with Crippen LogP contribution in [0.3, 0.4) is 0 Å². The van der Waals surface area contributed by atoms with Crippen molar-refractivity contribution in [2.75, 3.05) is 5.32 Å². The van der Waals surface area contributed by atoms with Gasteiger partial charge in [0.2, 0.25) is 0 Å². The van der Waals surface area contributed by atoms with Crippen LogP contribution in [-0.2, 0) is 6.54 Å². The molecule has 0 saturated heterocycles. The van der Waals surface area contributed by atoms with Gasteiger partial charge in [0.25, 0.3) is 0 Å². The summed E-state index contributed by atoms with van der Waals surface area (Å²) in [5, 5.41) is 18.1. The van der Waals surface area contributed by atoms with Gasteiger partial charge in [-0.2, -0.15) is 0 Å². The zero-order valence-electron chi connectivity index (χ0n) is 13.9. The van der Waals surface area contributed by atoms with Crippen molar-refractivity contribution in [3.05, 3.63) is 59.1 Å². The molecule has 2 aromatic carbocycles. The van der Waals surface area contributed by atoms with Crippen molar-refractivity contribution in [2.45, 2.75) is 25.4 Å². The van der Waals surface area contributed by atoms with E-state index >= 15 is 0 Å². The predicted octanol–water partition coefficient (Wildman–Crippen LogP) is 3.65. The Morgan fingerprint density at radius 3 is 2.65 bits per heavy atom. The molecule has 1 aromatic heterocycles. The third-order valence-electron chi connectivity index (χ3n) is 4.18. The van der Waals surface area contributed by atoms with Gasteiger partial charge >= 0.3 is 6.03 Å². The first-order chi connectivity index (χ1) is 12.7. The number of benzene rings is 2. The first-order valence-electron chi connectivity index (χ1n) is 8.37. The van der Waals surface area contributed by atoms with E-state index in [-0.39, 0.29) is 6.03 Å². The van der Waals surface area contributed by atoms with Crippen molar-refractivity contribution >= 4 is 23.3 Å². The zero-order valence-corrected chi connectivity index (χ0v) is 14.6. The molecule has 0 radical (unpaired) electrons. The molecule has 132 valence electrons. The Morgan fingerprint density at radius 2 is 1.92 bits per heavy atom. The van der Waals surface area contributed by atoms with E-state index in [1.54, 1.807) is 6.07 Å². The van der Waals surface area contributed by atoms with Crippen molar-refractivity contribution < 1.29 is 4.79 Å². The van der Waals surface area contributed by atoms with Gasteiger partial charge in [-0.15, -0.1) is 5.10 Å². The lowest BCUT2D eigenvalue weighted by Gasteiger charge is -2.09. The maximum Gasteiger partial charge on any atom is 0.319 e. The molecular weight excluding hydrogens is 352 g/mol. The summed E-state index contributed by atoms with van der Waals surface area (Å²) < 4.78 is 1.86. The number of carbonyl (C=O) groups excluding carboxylic acids is 1. The van der Waals surface area contributed by atoms with E-state index in [0.29, 0.717) is 23.3 Å². The lowest BCUT2D eigenvalue weighted by atomic mass is 10.2. The highest BCUT2D eigenvalue weighted by Crippen LogP contribution is 2.36. The Kier molecular flexibility index (Phi) is 4.53. The molecule has 1 heterocycles. The van der Waals surface area contributed by atoms with Crippen LogP contribution in [0.15, 0.2) is 48.5 Å². The van der Waals surface area contributed by atoms with Gasteiger partial charge in [-0.05, 0) is 59.2 Å². The smallest absolute Gasteiger partial charge is 0.319 e. The van der Waals surface area contributed by atoms with E-state index in [0.717, 1.165) is 29.8 Å². The fourth-order valence-corrected chi connectivity index (χ4v) is 2.85. The van der Waals surface area contributed by atoms with E-state index in [2.05, 4.69) is 26.2 Å². The predicted molar refractivity (Wildman–Crippen MR) is 98.8 cm³/mol. The summed E-state index contributed by atoms with van der Waals surface area (Å²) in [5.74, 6) is 0.752. The molecule has 0 bridgehead atoms. The first-order valence-corrected chi connectivity index (χ1v) is 8.75. The summed E-state index contributed by atoms with van der Waals surface area (Å²) in [6.07, 6.45) is 2.23. The first kappa shape index (κ1) is 16.5. The molecule has 0 spiro atoms. The summed E-state index contributed by atoms with van der Waals surface area (Å²) in [4.78, 5) is 12.1. The number of rotatable bonds is 5. The monoisotopic (exact) mass is 368 g/mol. The normalized spacial score (nSPS) is 13.4. The molecule has 1 aliphatic rings. The van der Waals surface area contributed by atoms with Crippen molar-refractivity contribution in [1.29, 1.82) is 0 Å². The van der Waals surface area contributed by atoms with Crippen LogP contribution in [0.5, 0.6) is 0 Å². The third-order valence-corrected chi connectivity index (χ3v) is 4.55. The van der Waals surface area contributed by atoms with Crippen molar-refractivity contribution in [3.63, 3.8) is 0 Å². The zero-order chi connectivity index (χ0) is 17.9. The standard InChI is InChI=1S/C18H17ClN6O/c19-16-4-2-1-3-13(16)11-20-18(26)21-14-7-5-12(6-8-14)17-22-23-24-25(17)15-9-10-15/h1-8,15H,9-11H2,(H2,20,21,26). The van der Waals surface area contributed by atoms with Crippen LogP contribution in [0.25, 0.3) is 11.4 Å². The Balaban J connectivity index is 1.37. The van der Waals surface area contributed by atoms with Crippen molar-refractivity contribution in [2.24, 2.45) is 0 Å². The van der Waals surface area contributed by atoms with E-state index < -0.39 is 0 Å². The molecule has 1 aliphatic carbocycles. The van der Waals surface area contributed by atoms with Gasteiger partial charge in [-0.1, -0.05) is 29.8 Å². The number of tetrazole rings is 1. The Morgan fingerprint density at radius 1 is 1.15 bits per heavy atom. The number of hydrogen-bond donors (Lipinski definition) is 2. The second kappa shape index (κ2) is 7.13. The number of halogens is 1. The Bertz CT molecular complexity index is 919. The number of urea groups is 1. The molecule has 0 unspecified atom stereocenters. The molecule has 1 saturated carbocycles. The summed E-state index contributed by atoms with van der Waals surface area (Å²) in [5.41, 5.74) is 2.48. The summed E-state index contributed by atoms with van der Waals surface area (Å²) in [6.45, 7) is 0.361. The number of anilines is 1. The molecule has 0 aliphatic heterocycles. The maximum absolute atomic E-state index is 12.1. The topological polar surface area (TPSA) is 84.7 Å². The minimum absolute atomic E-state index is 0.291. The fourth-order valence-electron chi connectivity index (χ4n) is 2.64. The van der Waals surface area contributed by atoms with Gasteiger partial charge in [0, 0.05) is 22.8 Å². The highest BCUT2D eigenvalue weighted by Gasteiger charge is 2.28. The van der Waals surface area contributed by atoms with Crippen LogP contribution in [0.1, 0.15) is 24.4 Å². The Hall–Kier alpha value is -2.93. The number of nitrogens with one attached hydrogen (secondary N) is 2. The molecule has 1 fully saturated rings. The molecule has 8 heteroatoms. The van der Waals surface area contributed by atoms with Crippen molar-refractivity contribution in [1.82, 2.24) is 25.5 Å². The second-order valence-electron chi connectivity index (χ2n) is 6.15. The van der Waals surface area contributed by atoms with E-state index in [9.17, 15) is 4.79 Å². The van der Waals surface area contributed by atoms with E-state index in [1.165, 1.54) is 0 Å². The third kappa shape index (κ3) is 3.67. The van der Waals surface area contributed by atoms with Crippen LogP contribution in [0.2, 0.25) is 5.02 Å². The van der Waals surface area contributed by atoms with Gasteiger partial charge in [0.05, 0.1) is 6.04 Å². The SMILES string of the molecule is O=C(NCc1ccccc1Cl)Nc1ccc(-c2nnnn2C2CC2)cc1. The highest BCUT2D eigenvalue weighted by molar-refractivity contribution is 6.31. The van der Waals surface area contributed by atoms with Crippen LogP contribution < -0.4 is 10.6 Å². The molecule has 4 rings (SSSR count). The number of carbonyl (C=O) groups is 1. The largest absolute Gasteiger partial charge is 0.334 e. The van der Waals surface area contributed by atoms with E-state index in [4.69, 9.17) is 11.6 Å². The quantitative estimate of drug-likeness (QED) is 0.719. The van der Waals surface area contributed by atoms with Gasteiger partial charge in [0.1, 0.15) is 0 Å². The minimum Gasteiger partial charge on any atom is -0.334 e. The van der Waals surface area contributed by atoms with Gasteiger partial charge in [0.15, 0.2) is 5.82 Å². The molecule has 3 aromatic rings. The molecule has 2 N–H and O–H groups in total.